The molecule has 3 nitrogen and oxygen atoms in total. The highest BCUT2D eigenvalue weighted by molar-refractivity contribution is 5.66. The monoisotopic (exact) mass is 213 g/mol. The van der Waals surface area contributed by atoms with Crippen LogP contribution in [0.2, 0.25) is 0 Å². The second-order valence-corrected chi connectivity index (χ2v) is 2.93. The minimum absolute atomic E-state index is 0.207. The molecule has 0 aliphatic rings. The largest absolute Gasteiger partial charge is 0.417 e. The molecule has 0 aliphatic heterocycles. The number of aromatic nitrogens is 3. The summed E-state index contributed by atoms with van der Waals surface area (Å²) in [5.74, 6) is 0. The molecule has 0 aliphatic carbocycles. The van der Waals surface area contributed by atoms with E-state index >= 15 is 0 Å². The second kappa shape index (κ2) is 3.08. The Labute approximate surface area is 82.9 Å². The van der Waals surface area contributed by atoms with Gasteiger partial charge in [-0.1, -0.05) is 6.58 Å². The Bertz CT molecular complexity index is 480. The van der Waals surface area contributed by atoms with Crippen molar-refractivity contribution < 1.29 is 13.2 Å². The molecule has 0 radical (unpaired) electrons. The number of rotatable bonds is 1. The van der Waals surface area contributed by atoms with E-state index in [1.165, 1.54) is 16.9 Å². The number of alkyl halides is 3. The van der Waals surface area contributed by atoms with Gasteiger partial charge in [-0.25, -0.2) is 9.50 Å². The van der Waals surface area contributed by atoms with Gasteiger partial charge in [-0.15, -0.1) is 0 Å². The van der Waals surface area contributed by atoms with Crippen molar-refractivity contribution in [1.82, 2.24) is 14.6 Å². The molecular formula is C9H6F3N3. The summed E-state index contributed by atoms with van der Waals surface area (Å²) in [7, 11) is 0. The minimum atomic E-state index is -4.46. The molecule has 15 heavy (non-hydrogen) atoms. The first kappa shape index (κ1) is 9.70. The van der Waals surface area contributed by atoms with Crippen molar-refractivity contribution in [2.24, 2.45) is 0 Å². The molecule has 0 spiro atoms. The van der Waals surface area contributed by atoms with E-state index in [-0.39, 0.29) is 5.69 Å². The molecule has 0 saturated carbocycles. The number of fused-ring (bicyclic) bond motifs is 1. The maximum Gasteiger partial charge on any atom is 0.417 e. The molecule has 2 aromatic heterocycles. The lowest BCUT2D eigenvalue weighted by Gasteiger charge is -2.05. The zero-order valence-corrected chi connectivity index (χ0v) is 7.49. The lowest BCUT2D eigenvalue weighted by Crippen LogP contribution is -2.09. The van der Waals surface area contributed by atoms with Crippen LogP contribution in [0, 0.1) is 0 Å². The van der Waals surface area contributed by atoms with Crippen molar-refractivity contribution in [3.8, 4) is 0 Å². The molecule has 0 atom stereocenters. The standard InChI is InChI=1S/C9H6F3N3/c1-6(9(10,11)12)7-5-15-8(14-7)3-2-4-13-15/h2-5H,1H2. The quantitative estimate of drug-likeness (QED) is 0.727. The average molecular weight is 213 g/mol. The van der Waals surface area contributed by atoms with Crippen LogP contribution in [0.3, 0.4) is 0 Å². The topological polar surface area (TPSA) is 30.2 Å². The molecule has 0 unspecified atom stereocenters. The average Bonchev–Trinajstić information content (AvgIpc) is 2.58. The van der Waals surface area contributed by atoms with Gasteiger partial charge in [0.2, 0.25) is 0 Å². The van der Waals surface area contributed by atoms with Gasteiger partial charge >= 0.3 is 6.18 Å². The van der Waals surface area contributed by atoms with E-state index in [0.717, 1.165) is 0 Å². The van der Waals surface area contributed by atoms with Crippen LogP contribution < -0.4 is 0 Å². The number of hydrogen-bond donors (Lipinski definition) is 0. The Balaban J connectivity index is 2.50. The molecule has 0 amide bonds. The van der Waals surface area contributed by atoms with Crippen molar-refractivity contribution in [2.75, 3.05) is 0 Å². The predicted octanol–water partition coefficient (Wildman–Crippen LogP) is 2.30. The summed E-state index contributed by atoms with van der Waals surface area (Å²) >= 11 is 0. The molecule has 0 bridgehead atoms. The van der Waals surface area contributed by atoms with E-state index in [4.69, 9.17) is 0 Å². The number of hydrogen-bond acceptors (Lipinski definition) is 2. The van der Waals surface area contributed by atoms with Crippen LogP contribution in [0.1, 0.15) is 5.69 Å². The van der Waals surface area contributed by atoms with Crippen molar-refractivity contribution in [2.45, 2.75) is 6.18 Å². The SMILES string of the molecule is C=C(c1cn2ncccc2n1)C(F)(F)F. The van der Waals surface area contributed by atoms with Gasteiger partial charge < -0.3 is 0 Å². The first-order valence-electron chi connectivity index (χ1n) is 4.05. The third kappa shape index (κ3) is 1.70. The molecule has 0 fully saturated rings. The van der Waals surface area contributed by atoms with E-state index in [2.05, 4.69) is 16.7 Å². The number of nitrogens with zero attached hydrogens (tertiary/aromatic N) is 3. The highest BCUT2D eigenvalue weighted by Crippen LogP contribution is 2.31. The van der Waals surface area contributed by atoms with Crippen molar-refractivity contribution in [1.29, 1.82) is 0 Å². The third-order valence-electron chi connectivity index (χ3n) is 1.89. The summed E-state index contributed by atoms with van der Waals surface area (Å²) in [6.45, 7) is 2.96. The third-order valence-corrected chi connectivity index (χ3v) is 1.89. The van der Waals surface area contributed by atoms with Crippen LogP contribution in [0.4, 0.5) is 13.2 Å². The van der Waals surface area contributed by atoms with Crippen LogP contribution in [-0.2, 0) is 0 Å². The fourth-order valence-corrected chi connectivity index (χ4v) is 1.12. The lowest BCUT2D eigenvalue weighted by atomic mass is 10.2. The molecule has 0 aromatic carbocycles. The number of allylic oxidation sites excluding steroid dienone is 1. The molecule has 0 saturated heterocycles. The Morgan fingerprint density at radius 3 is 2.73 bits per heavy atom. The maximum atomic E-state index is 12.3. The van der Waals surface area contributed by atoms with Gasteiger partial charge in [-0.05, 0) is 12.1 Å². The Hall–Kier alpha value is -1.85. The van der Waals surface area contributed by atoms with Gasteiger partial charge in [0, 0.05) is 6.20 Å². The zero-order chi connectivity index (χ0) is 11.1. The predicted molar refractivity (Wildman–Crippen MR) is 48.1 cm³/mol. The Morgan fingerprint density at radius 1 is 1.40 bits per heavy atom. The smallest absolute Gasteiger partial charge is 0.227 e. The molecule has 2 heterocycles. The summed E-state index contributed by atoms with van der Waals surface area (Å²) in [4.78, 5) is 3.76. The highest BCUT2D eigenvalue weighted by atomic mass is 19.4. The first-order valence-corrected chi connectivity index (χ1v) is 4.05. The molecule has 6 heteroatoms. The summed E-state index contributed by atoms with van der Waals surface area (Å²) in [5.41, 5.74) is -0.813. The molecule has 0 N–H and O–H groups in total. The molecule has 78 valence electrons. The fraction of sp³-hybridized carbons (Fsp3) is 0.111. The molecule has 2 rings (SSSR count). The van der Waals surface area contributed by atoms with Gasteiger partial charge in [0.1, 0.15) is 0 Å². The van der Waals surface area contributed by atoms with Crippen LogP contribution in [-0.4, -0.2) is 20.8 Å². The Morgan fingerprint density at radius 2 is 2.13 bits per heavy atom. The van der Waals surface area contributed by atoms with Gasteiger partial charge in [-0.2, -0.15) is 18.3 Å². The maximum absolute atomic E-state index is 12.3. The van der Waals surface area contributed by atoms with Crippen LogP contribution >= 0.6 is 0 Å². The zero-order valence-electron chi connectivity index (χ0n) is 7.49. The summed E-state index contributed by atoms with van der Waals surface area (Å²) in [5, 5.41) is 3.81. The van der Waals surface area contributed by atoms with E-state index in [1.807, 2.05) is 0 Å². The van der Waals surface area contributed by atoms with Gasteiger partial charge in [0.25, 0.3) is 0 Å². The van der Waals surface area contributed by atoms with E-state index < -0.39 is 11.7 Å². The van der Waals surface area contributed by atoms with E-state index in [9.17, 15) is 13.2 Å². The van der Waals surface area contributed by atoms with E-state index in [1.54, 1.807) is 12.1 Å². The number of halogens is 3. The first-order chi connectivity index (χ1) is 6.98. The summed E-state index contributed by atoms with van der Waals surface area (Å²) in [6, 6.07) is 3.17. The second-order valence-electron chi connectivity index (χ2n) is 2.93. The number of imidazole rings is 1. The Kier molecular flexibility index (Phi) is 1.99. The van der Waals surface area contributed by atoms with E-state index in [0.29, 0.717) is 5.65 Å². The minimum Gasteiger partial charge on any atom is -0.227 e. The van der Waals surface area contributed by atoms with Crippen LogP contribution in [0.25, 0.3) is 11.2 Å². The fourth-order valence-electron chi connectivity index (χ4n) is 1.12. The van der Waals surface area contributed by atoms with Crippen LogP contribution in [0.15, 0.2) is 31.1 Å². The highest BCUT2D eigenvalue weighted by Gasteiger charge is 2.34. The molecule has 2 aromatic rings. The van der Waals surface area contributed by atoms with Crippen molar-refractivity contribution >= 4 is 11.2 Å². The van der Waals surface area contributed by atoms with Crippen molar-refractivity contribution in [3.05, 3.63) is 36.8 Å². The summed E-state index contributed by atoms with van der Waals surface area (Å²) < 4.78 is 38.2. The van der Waals surface area contributed by atoms with Crippen molar-refractivity contribution in [3.63, 3.8) is 0 Å². The van der Waals surface area contributed by atoms with Gasteiger partial charge in [0.15, 0.2) is 5.65 Å². The molecular weight excluding hydrogens is 207 g/mol. The van der Waals surface area contributed by atoms with Gasteiger partial charge in [0.05, 0.1) is 17.5 Å². The van der Waals surface area contributed by atoms with Crippen LogP contribution in [0.5, 0.6) is 0 Å². The lowest BCUT2D eigenvalue weighted by molar-refractivity contribution is -0.0688. The van der Waals surface area contributed by atoms with Gasteiger partial charge in [-0.3, -0.25) is 0 Å². The normalized spacial score (nSPS) is 11.9. The summed E-state index contributed by atoms with van der Waals surface area (Å²) in [6.07, 6.45) is -1.79.